The van der Waals surface area contributed by atoms with Gasteiger partial charge in [0.2, 0.25) is 0 Å². The lowest BCUT2D eigenvalue weighted by Crippen LogP contribution is -2.13. The third-order valence-electron chi connectivity index (χ3n) is 4.33. The van der Waals surface area contributed by atoms with Crippen molar-refractivity contribution in [3.8, 4) is 17.1 Å². The third kappa shape index (κ3) is 2.75. The first-order valence-electron chi connectivity index (χ1n) is 7.88. The lowest BCUT2D eigenvalue weighted by atomic mass is 10.1. The van der Waals surface area contributed by atoms with E-state index in [9.17, 15) is 5.11 Å². The second-order valence-electron chi connectivity index (χ2n) is 6.06. The molecule has 0 spiro atoms. The molecule has 0 unspecified atom stereocenters. The van der Waals surface area contributed by atoms with Gasteiger partial charge in [0.15, 0.2) is 0 Å². The fraction of sp³-hybridized carbons (Fsp3) is 0.278. The Bertz CT molecular complexity index is 810. The average Bonchev–Trinajstić information content (AvgIpc) is 3.15. The van der Waals surface area contributed by atoms with E-state index in [-0.39, 0.29) is 12.2 Å². The van der Waals surface area contributed by atoms with Crippen LogP contribution in [0.25, 0.3) is 22.4 Å². The number of aliphatic hydroxyl groups is 1. The van der Waals surface area contributed by atoms with Crippen molar-refractivity contribution in [2.45, 2.75) is 31.5 Å². The summed E-state index contributed by atoms with van der Waals surface area (Å²) in [6, 6.07) is 13.5. The molecule has 5 heteroatoms. The average molecular weight is 309 g/mol. The van der Waals surface area contributed by atoms with Crippen molar-refractivity contribution < 1.29 is 9.84 Å². The van der Waals surface area contributed by atoms with Crippen LogP contribution in [0, 0.1) is 0 Å². The molecule has 1 aromatic heterocycles. The molecule has 23 heavy (non-hydrogen) atoms. The number of hydrogen-bond acceptors (Lipinski definition) is 4. The number of anilines is 1. The van der Waals surface area contributed by atoms with Gasteiger partial charge in [-0.1, -0.05) is 12.1 Å². The number of aromatic nitrogens is 2. The van der Waals surface area contributed by atoms with Crippen LogP contribution in [-0.4, -0.2) is 27.3 Å². The zero-order valence-electron chi connectivity index (χ0n) is 12.7. The molecular formula is C18H19N3O2. The molecule has 1 fully saturated rings. The van der Waals surface area contributed by atoms with Gasteiger partial charge in [-0.3, -0.25) is 0 Å². The van der Waals surface area contributed by atoms with Crippen molar-refractivity contribution in [3.05, 3.63) is 42.5 Å². The van der Waals surface area contributed by atoms with E-state index in [0.717, 1.165) is 41.0 Å². The third-order valence-corrected chi connectivity index (χ3v) is 4.33. The molecule has 5 nitrogen and oxygen atoms in total. The molecule has 1 aliphatic rings. The molecule has 0 aliphatic heterocycles. The Morgan fingerprint density at radius 3 is 2.83 bits per heavy atom. The number of hydrogen-bond donors (Lipinski definition) is 3. The fourth-order valence-electron chi connectivity index (χ4n) is 3.11. The minimum absolute atomic E-state index is 0.0668. The zero-order chi connectivity index (χ0) is 15.8. The number of aliphatic hydroxyl groups excluding tert-OH is 1. The molecule has 2 atom stereocenters. The fourth-order valence-corrected chi connectivity index (χ4v) is 3.11. The highest BCUT2D eigenvalue weighted by Gasteiger charge is 2.24. The largest absolute Gasteiger partial charge is 0.490 e. The lowest BCUT2D eigenvalue weighted by Gasteiger charge is -2.14. The molecule has 0 amide bonds. The maximum absolute atomic E-state index is 9.62. The maximum Gasteiger partial charge on any atom is 0.140 e. The number of nitrogen functional groups attached to an aromatic ring is 1. The molecular weight excluding hydrogens is 290 g/mol. The number of imidazole rings is 1. The lowest BCUT2D eigenvalue weighted by molar-refractivity contribution is 0.150. The van der Waals surface area contributed by atoms with Gasteiger partial charge in [-0.25, -0.2) is 4.98 Å². The van der Waals surface area contributed by atoms with Crippen LogP contribution < -0.4 is 10.5 Å². The Hall–Kier alpha value is -2.53. The van der Waals surface area contributed by atoms with Crippen LogP contribution in [0.1, 0.15) is 19.3 Å². The van der Waals surface area contributed by atoms with Crippen molar-refractivity contribution in [1.82, 2.24) is 9.97 Å². The van der Waals surface area contributed by atoms with E-state index in [1.54, 1.807) is 0 Å². The van der Waals surface area contributed by atoms with E-state index >= 15 is 0 Å². The van der Waals surface area contributed by atoms with Gasteiger partial charge in [0.05, 0.1) is 17.1 Å². The van der Waals surface area contributed by atoms with E-state index in [4.69, 9.17) is 10.5 Å². The van der Waals surface area contributed by atoms with E-state index < -0.39 is 0 Å². The smallest absolute Gasteiger partial charge is 0.140 e. The van der Waals surface area contributed by atoms with E-state index in [0.29, 0.717) is 12.1 Å². The van der Waals surface area contributed by atoms with Crippen LogP contribution in [-0.2, 0) is 0 Å². The minimum atomic E-state index is -0.247. The Labute approximate surface area is 134 Å². The SMILES string of the molecule is Nc1ccc(O[C@@H]2CC[C@@H](O)C2)cc1-c1nc2ccccc2[nH]1. The number of para-hydroxylation sites is 2. The number of ether oxygens (including phenoxy) is 1. The van der Waals surface area contributed by atoms with Crippen LogP contribution in [0.5, 0.6) is 5.75 Å². The summed E-state index contributed by atoms with van der Waals surface area (Å²) in [6.07, 6.45) is 2.19. The molecule has 4 rings (SSSR count). The van der Waals surface area contributed by atoms with Gasteiger partial charge < -0.3 is 20.6 Å². The van der Waals surface area contributed by atoms with Gasteiger partial charge in [-0.15, -0.1) is 0 Å². The normalized spacial score (nSPS) is 20.9. The molecule has 1 saturated carbocycles. The van der Waals surface area contributed by atoms with Gasteiger partial charge in [-0.2, -0.15) is 0 Å². The Balaban J connectivity index is 1.66. The monoisotopic (exact) mass is 309 g/mol. The molecule has 0 radical (unpaired) electrons. The first kappa shape index (κ1) is 14.1. The highest BCUT2D eigenvalue weighted by atomic mass is 16.5. The Morgan fingerprint density at radius 1 is 1.17 bits per heavy atom. The van der Waals surface area contributed by atoms with Crippen LogP contribution >= 0.6 is 0 Å². The summed E-state index contributed by atoms with van der Waals surface area (Å²) >= 11 is 0. The van der Waals surface area contributed by atoms with Crippen molar-refractivity contribution in [2.75, 3.05) is 5.73 Å². The van der Waals surface area contributed by atoms with Gasteiger partial charge in [0.1, 0.15) is 17.7 Å². The quantitative estimate of drug-likeness (QED) is 0.649. The predicted octanol–water partition coefficient (Wildman–Crippen LogP) is 3.10. The van der Waals surface area contributed by atoms with Crippen LogP contribution in [0.15, 0.2) is 42.5 Å². The Morgan fingerprint density at radius 2 is 2.04 bits per heavy atom. The molecule has 0 bridgehead atoms. The number of fused-ring (bicyclic) bond motifs is 1. The maximum atomic E-state index is 9.62. The molecule has 0 saturated heterocycles. The summed E-state index contributed by atoms with van der Waals surface area (Å²) in [5.41, 5.74) is 9.49. The molecule has 3 aromatic rings. The number of aromatic amines is 1. The minimum Gasteiger partial charge on any atom is -0.490 e. The summed E-state index contributed by atoms with van der Waals surface area (Å²) in [4.78, 5) is 7.89. The van der Waals surface area contributed by atoms with Crippen LogP contribution in [0.4, 0.5) is 5.69 Å². The van der Waals surface area contributed by atoms with Crippen molar-refractivity contribution in [3.63, 3.8) is 0 Å². The standard InChI is InChI=1S/C18H19N3O2/c19-15-8-7-13(23-12-6-5-11(22)9-12)10-14(15)18-20-16-3-1-2-4-17(16)21-18/h1-4,7-8,10-12,22H,5-6,9,19H2,(H,20,21)/t11-,12-/m1/s1. The molecule has 118 valence electrons. The summed E-state index contributed by atoms with van der Waals surface area (Å²) in [7, 11) is 0. The number of nitrogens with zero attached hydrogens (tertiary/aromatic N) is 1. The van der Waals surface area contributed by atoms with Gasteiger partial charge >= 0.3 is 0 Å². The second-order valence-corrected chi connectivity index (χ2v) is 6.06. The van der Waals surface area contributed by atoms with E-state index in [1.807, 2.05) is 42.5 Å². The number of H-pyrrole nitrogens is 1. The topological polar surface area (TPSA) is 84.2 Å². The van der Waals surface area contributed by atoms with Crippen LogP contribution in [0.2, 0.25) is 0 Å². The number of benzene rings is 2. The first-order chi connectivity index (χ1) is 11.2. The van der Waals surface area contributed by atoms with Gasteiger partial charge in [-0.05, 0) is 43.2 Å². The summed E-state index contributed by atoms with van der Waals surface area (Å²) in [6.45, 7) is 0. The number of nitrogens with two attached hydrogens (primary N) is 1. The van der Waals surface area contributed by atoms with E-state index in [1.165, 1.54) is 0 Å². The molecule has 1 aliphatic carbocycles. The van der Waals surface area contributed by atoms with Gasteiger partial charge in [0.25, 0.3) is 0 Å². The van der Waals surface area contributed by atoms with Crippen molar-refractivity contribution >= 4 is 16.7 Å². The Kier molecular flexibility index (Phi) is 3.42. The summed E-state index contributed by atoms with van der Waals surface area (Å²) in [5.74, 6) is 1.49. The van der Waals surface area contributed by atoms with Crippen molar-refractivity contribution in [2.24, 2.45) is 0 Å². The van der Waals surface area contributed by atoms with Crippen LogP contribution in [0.3, 0.4) is 0 Å². The summed E-state index contributed by atoms with van der Waals surface area (Å²) < 4.78 is 5.98. The number of rotatable bonds is 3. The molecule has 2 aromatic carbocycles. The highest BCUT2D eigenvalue weighted by Crippen LogP contribution is 2.31. The van der Waals surface area contributed by atoms with E-state index in [2.05, 4.69) is 9.97 Å². The summed E-state index contributed by atoms with van der Waals surface area (Å²) in [5, 5.41) is 9.62. The second kappa shape index (κ2) is 5.59. The van der Waals surface area contributed by atoms with Gasteiger partial charge in [0, 0.05) is 17.7 Å². The van der Waals surface area contributed by atoms with Crippen molar-refractivity contribution in [1.29, 1.82) is 0 Å². The predicted molar refractivity (Wildman–Crippen MR) is 90.2 cm³/mol. The highest BCUT2D eigenvalue weighted by molar-refractivity contribution is 5.82. The number of nitrogens with one attached hydrogen (secondary N) is 1. The zero-order valence-corrected chi connectivity index (χ0v) is 12.7. The first-order valence-corrected chi connectivity index (χ1v) is 7.88. The molecule has 1 heterocycles. The molecule has 4 N–H and O–H groups in total.